The molecule has 3 aliphatic rings. The highest BCUT2D eigenvalue weighted by Gasteiger charge is 2.38. The Kier molecular flexibility index (Phi) is 9.57. The van der Waals surface area contributed by atoms with Gasteiger partial charge >= 0.3 is 12.1 Å². The third-order valence-electron chi connectivity index (χ3n) is 7.61. The highest BCUT2D eigenvalue weighted by Crippen LogP contribution is 2.39. The molecule has 2 aliphatic carbocycles. The average Bonchev–Trinajstić information content (AvgIpc) is 3.59. The van der Waals surface area contributed by atoms with E-state index >= 15 is 0 Å². The molecule has 10 heteroatoms. The smallest absolute Gasteiger partial charge is 0.490 e. The maximum atomic E-state index is 10.6. The largest absolute Gasteiger partial charge is 0.493 e. The Balaban J connectivity index is 0.000000426. The van der Waals surface area contributed by atoms with Crippen molar-refractivity contribution >= 4 is 22.7 Å². The van der Waals surface area contributed by atoms with E-state index in [1.54, 1.807) is 7.11 Å². The van der Waals surface area contributed by atoms with Crippen molar-refractivity contribution in [2.45, 2.75) is 82.8 Å². The van der Waals surface area contributed by atoms with Crippen molar-refractivity contribution in [1.29, 1.82) is 0 Å². The van der Waals surface area contributed by atoms with Gasteiger partial charge in [0, 0.05) is 24.0 Å². The lowest BCUT2D eigenvalue weighted by Gasteiger charge is -2.25. The highest BCUT2D eigenvalue weighted by molar-refractivity contribution is 5.89. The fourth-order valence-corrected chi connectivity index (χ4v) is 5.68. The molecule has 0 radical (unpaired) electrons. The van der Waals surface area contributed by atoms with Gasteiger partial charge in [-0.05, 0) is 81.6 Å². The van der Waals surface area contributed by atoms with Crippen molar-refractivity contribution in [3.63, 3.8) is 0 Å². The number of nitrogens with zero attached hydrogens (tertiary/aromatic N) is 2. The van der Waals surface area contributed by atoms with Crippen molar-refractivity contribution in [2.75, 3.05) is 38.7 Å². The molecule has 0 bridgehead atoms. The number of likely N-dealkylation sites (tertiary alicyclic amines) is 1. The van der Waals surface area contributed by atoms with E-state index in [0.29, 0.717) is 6.04 Å². The molecule has 7 nitrogen and oxygen atoms in total. The van der Waals surface area contributed by atoms with Crippen molar-refractivity contribution in [1.82, 2.24) is 9.88 Å². The number of nitrogens with one attached hydrogen (secondary N) is 1. The summed E-state index contributed by atoms with van der Waals surface area (Å²) in [5, 5.41) is 12.2. The predicted molar refractivity (Wildman–Crippen MR) is 140 cm³/mol. The zero-order valence-electron chi connectivity index (χ0n) is 22.0. The van der Waals surface area contributed by atoms with Crippen molar-refractivity contribution in [3.8, 4) is 11.5 Å². The van der Waals surface area contributed by atoms with E-state index in [2.05, 4.69) is 22.3 Å². The summed E-state index contributed by atoms with van der Waals surface area (Å²) in [5.74, 6) is 0.0209. The van der Waals surface area contributed by atoms with E-state index in [1.807, 2.05) is 0 Å². The zero-order valence-corrected chi connectivity index (χ0v) is 22.0. The van der Waals surface area contributed by atoms with Crippen LogP contribution in [0.4, 0.5) is 19.0 Å². The molecule has 0 spiro atoms. The molecule has 1 aromatic carbocycles. The number of fused-ring (bicyclic) bond motifs is 3. The monoisotopic (exact) mass is 537 g/mol. The summed E-state index contributed by atoms with van der Waals surface area (Å²) in [6.45, 7) is 4.32. The molecule has 1 saturated carbocycles. The first-order valence-corrected chi connectivity index (χ1v) is 13.7. The number of halogens is 3. The Morgan fingerprint density at radius 2 is 1.74 bits per heavy atom. The molecule has 210 valence electrons. The molecule has 2 fully saturated rings. The Morgan fingerprint density at radius 1 is 1.05 bits per heavy atom. The van der Waals surface area contributed by atoms with Crippen molar-refractivity contribution in [3.05, 3.63) is 23.3 Å². The van der Waals surface area contributed by atoms with E-state index in [4.69, 9.17) is 24.4 Å². The van der Waals surface area contributed by atoms with Gasteiger partial charge in [-0.25, -0.2) is 9.78 Å². The zero-order chi connectivity index (χ0) is 27.1. The Bertz CT molecular complexity index is 1100. The van der Waals surface area contributed by atoms with Crippen molar-refractivity contribution in [2.24, 2.45) is 0 Å². The summed E-state index contributed by atoms with van der Waals surface area (Å²) in [5.41, 5.74) is 3.93. The van der Waals surface area contributed by atoms with Crippen LogP contribution >= 0.6 is 0 Å². The Labute approximate surface area is 221 Å². The fraction of sp³-hybridized carbons (Fsp3) is 0.643. The van der Waals surface area contributed by atoms with Gasteiger partial charge < -0.3 is 24.8 Å². The first-order chi connectivity index (χ1) is 18.3. The lowest BCUT2D eigenvalue weighted by atomic mass is 9.95. The molecule has 38 heavy (non-hydrogen) atoms. The number of benzene rings is 1. The van der Waals surface area contributed by atoms with Crippen LogP contribution in [0.25, 0.3) is 10.9 Å². The SMILES string of the molecule is COc1cc2c3c(c(NC4CCCCC4)nc2cc1OCCCN1CCCC1)CCC3.O=C(O)C(F)(F)F. The third-order valence-corrected chi connectivity index (χ3v) is 7.61. The lowest BCUT2D eigenvalue weighted by Crippen LogP contribution is -2.23. The standard InChI is InChI=1S/C26H37N3O2.C2HF3O2/c1-30-24-17-22-20-11-7-12-21(20)26(27-19-9-3-2-4-10-19)28-23(22)18-25(24)31-16-8-15-29-13-5-6-14-29;3-2(4,5)1(6)7/h17-19H,2-16H2,1H3,(H,27,28);(H,6,7). The number of hydrogen-bond acceptors (Lipinski definition) is 6. The van der Waals surface area contributed by atoms with Crippen molar-refractivity contribution < 1.29 is 32.5 Å². The van der Waals surface area contributed by atoms with E-state index in [-0.39, 0.29) is 0 Å². The Morgan fingerprint density at radius 3 is 2.39 bits per heavy atom. The van der Waals surface area contributed by atoms with E-state index in [0.717, 1.165) is 55.2 Å². The van der Waals surface area contributed by atoms with E-state index in [9.17, 15) is 13.2 Å². The number of alkyl halides is 3. The summed E-state index contributed by atoms with van der Waals surface area (Å²) in [6.07, 6.45) is 8.70. The van der Waals surface area contributed by atoms with Gasteiger partial charge in [-0.15, -0.1) is 0 Å². The molecule has 2 heterocycles. The molecular weight excluding hydrogens is 499 g/mol. The number of carboxylic acids is 1. The summed E-state index contributed by atoms with van der Waals surface area (Å²) in [7, 11) is 1.74. The first-order valence-electron chi connectivity index (χ1n) is 13.7. The minimum Gasteiger partial charge on any atom is -0.493 e. The van der Waals surface area contributed by atoms with Gasteiger partial charge in [-0.3, -0.25) is 0 Å². The van der Waals surface area contributed by atoms with Crippen LogP contribution in [0.15, 0.2) is 12.1 Å². The van der Waals surface area contributed by atoms with E-state index in [1.165, 1.54) is 81.0 Å². The van der Waals surface area contributed by atoms with Crippen LogP contribution in [-0.2, 0) is 17.6 Å². The fourth-order valence-electron chi connectivity index (χ4n) is 5.68. The number of carbonyl (C=O) groups is 1. The number of carboxylic acid groups (broad SMARTS) is 1. The maximum Gasteiger partial charge on any atom is 0.490 e. The van der Waals surface area contributed by atoms with Crippen LogP contribution < -0.4 is 14.8 Å². The van der Waals surface area contributed by atoms with Gasteiger partial charge in [0.25, 0.3) is 0 Å². The number of rotatable bonds is 8. The summed E-state index contributed by atoms with van der Waals surface area (Å²) < 4.78 is 43.6. The van der Waals surface area contributed by atoms with E-state index < -0.39 is 12.1 Å². The molecular formula is C28H38F3N3O4. The van der Waals surface area contributed by atoms with Gasteiger partial charge in [0.2, 0.25) is 0 Å². The van der Waals surface area contributed by atoms with Crippen LogP contribution in [0.3, 0.4) is 0 Å². The summed E-state index contributed by atoms with van der Waals surface area (Å²) in [6, 6.07) is 4.84. The van der Waals surface area contributed by atoms with Gasteiger partial charge in [-0.2, -0.15) is 13.2 Å². The molecule has 0 amide bonds. The average molecular weight is 538 g/mol. The first kappa shape index (κ1) is 28.3. The second-order valence-electron chi connectivity index (χ2n) is 10.3. The number of pyridine rings is 1. The molecule has 2 aromatic rings. The molecule has 1 saturated heterocycles. The highest BCUT2D eigenvalue weighted by atomic mass is 19.4. The van der Waals surface area contributed by atoms with Crippen LogP contribution in [0, 0.1) is 0 Å². The lowest BCUT2D eigenvalue weighted by molar-refractivity contribution is -0.192. The predicted octanol–water partition coefficient (Wildman–Crippen LogP) is 5.97. The van der Waals surface area contributed by atoms with Gasteiger partial charge in [0.15, 0.2) is 11.5 Å². The molecule has 5 rings (SSSR count). The minimum absolute atomic E-state index is 0.572. The minimum atomic E-state index is -5.08. The number of aryl methyl sites for hydroxylation is 1. The number of ether oxygens (including phenoxy) is 2. The number of aliphatic carboxylic acids is 1. The molecule has 0 unspecified atom stereocenters. The van der Waals surface area contributed by atoms with Gasteiger partial charge in [0.05, 0.1) is 19.2 Å². The normalized spacial score (nSPS) is 18.1. The van der Waals surface area contributed by atoms with Gasteiger partial charge in [0.1, 0.15) is 5.82 Å². The molecule has 1 aromatic heterocycles. The van der Waals surface area contributed by atoms with Crippen LogP contribution in [0.1, 0.15) is 68.9 Å². The second-order valence-corrected chi connectivity index (χ2v) is 10.3. The number of anilines is 1. The van der Waals surface area contributed by atoms with Crippen LogP contribution in [-0.4, -0.2) is 66.5 Å². The van der Waals surface area contributed by atoms with Crippen LogP contribution in [0.2, 0.25) is 0 Å². The summed E-state index contributed by atoms with van der Waals surface area (Å²) >= 11 is 0. The quantitative estimate of drug-likeness (QED) is 0.401. The number of hydrogen-bond donors (Lipinski definition) is 2. The third kappa shape index (κ3) is 7.21. The molecule has 1 aliphatic heterocycles. The topological polar surface area (TPSA) is 83.9 Å². The van der Waals surface area contributed by atoms with Crippen LogP contribution in [0.5, 0.6) is 11.5 Å². The van der Waals surface area contributed by atoms with Gasteiger partial charge in [-0.1, -0.05) is 19.3 Å². The molecule has 0 atom stereocenters. The Hall–Kier alpha value is -2.75. The molecule has 2 N–H and O–H groups in total. The number of methoxy groups -OCH3 is 1. The second kappa shape index (κ2) is 12.9. The maximum absolute atomic E-state index is 10.6. The summed E-state index contributed by atoms with van der Waals surface area (Å²) in [4.78, 5) is 16.5. The number of aromatic nitrogens is 1.